The summed E-state index contributed by atoms with van der Waals surface area (Å²) in [6.07, 6.45) is 0.435. The Morgan fingerprint density at radius 3 is 2.76 bits per heavy atom. The Morgan fingerprint density at radius 2 is 2.10 bits per heavy atom. The van der Waals surface area contributed by atoms with Gasteiger partial charge in [0.2, 0.25) is 5.91 Å². The minimum absolute atomic E-state index is 0.193. The molecule has 1 aromatic carbocycles. The number of carbonyl (C=O) groups excluding carboxylic acids is 1. The molecule has 1 heterocycles. The zero-order valence-corrected chi connectivity index (χ0v) is 13.2. The van der Waals surface area contributed by atoms with Gasteiger partial charge in [0.15, 0.2) is 0 Å². The van der Waals surface area contributed by atoms with Gasteiger partial charge in [-0.2, -0.15) is 0 Å². The Kier molecular flexibility index (Phi) is 5.62. The molecule has 1 aliphatic heterocycles. The van der Waals surface area contributed by atoms with Crippen molar-refractivity contribution in [3.8, 4) is 5.75 Å². The molecule has 4 nitrogen and oxygen atoms in total. The number of ether oxygens (including phenoxy) is 1. The van der Waals surface area contributed by atoms with Gasteiger partial charge in [0.05, 0.1) is 13.0 Å². The van der Waals surface area contributed by atoms with E-state index in [9.17, 15) is 4.79 Å². The first kappa shape index (κ1) is 15.8. The molecule has 21 heavy (non-hydrogen) atoms. The zero-order chi connectivity index (χ0) is 15.2. The first-order valence-corrected chi connectivity index (χ1v) is 7.78. The van der Waals surface area contributed by atoms with Gasteiger partial charge in [-0.05, 0) is 25.0 Å². The van der Waals surface area contributed by atoms with Gasteiger partial charge in [-0.25, -0.2) is 0 Å². The Hall–Kier alpha value is -1.55. The summed E-state index contributed by atoms with van der Waals surface area (Å²) >= 11 is 0. The fourth-order valence-electron chi connectivity index (χ4n) is 2.73. The molecular formula is C17H26N2O2. The van der Waals surface area contributed by atoms with Gasteiger partial charge in [0.25, 0.3) is 0 Å². The summed E-state index contributed by atoms with van der Waals surface area (Å²) in [6.45, 7) is 8.56. The first-order chi connectivity index (χ1) is 10.1. The minimum Gasteiger partial charge on any atom is -0.493 e. The van der Waals surface area contributed by atoms with E-state index in [4.69, 9.17) is 4.74 Å². The van der Waals surface area contributed by atoms with Crippen LogP contribution in [0.5, 0.6) is 5.75 Å². The van der Waals surface area contributed by atoms with Crippen LogP contribution in [0.1, 0.15) is 27.2 Å². The SMILES string of the molecule is CC1CN(C(=O)CCOc2ccccc2)C(C(C)C)CN1. The van der Waals surface area contributed by atoms with Crippen molar-refractivity contribution in [3.63, 3.8) is 0 Å². The van der Waals surface area contributed by atoms with E-state index < -0.39 is 0 Å². The molecule has 2 unspecified atom stereocenters. The molecule has 1 amide bonds. The molecule has 0 spiro atoms. The summed E-state index contributed by atoms with van der Waals surface area (Å²) in [6, 6.07) is 10.3. The van der Waals surface area contributed by atoms with Crippen LogP contribution in [-0.4, -0.2) is 42.6 Å². The molecule has 116 valence electrons. The van der Waals surface area contributed by atoms with Gasteiger partial charge in [-0.15, -0.1) is 0 Å². The molecule has 0 radical (unpaired) electrons. The largest absolute Gasteiger partial charge is 0.493 e. The number of amides is 1. The lowest BCUT2D eigenvalue weighted by Crippen LogP contribution is -2.59. The second-order valence-corrected chi connectivity index (χ2v) is 6.08. The van der Waals surface area contributed by atoms with Crippen LogP contribution >= 0.6 is 0 Å². The highest BCUT2D eigenvalue weighted by Gasteiger charge is 2.31. The molecule has 0 aliphatic carbocycles. The smallest absolute Gasteiger partial charge is 0.226 e. The van der Waals surface area contributed by atoms with E-state index >= 15 is 0 Å². The summed E-state index contributed by atoms with van der Waals surface area (Å²) in [4.78, 5) is 14.5. The van der Waals surface area contributed by atoms with Crippen molar-refractivity contribution in [3.05, 3.63) is 30.3 Å². The third-order valence-corrected chi connectivity index (χ3v) is 3.96. The van der Waals surface area contributed by atoms with Gasteiger partial charge in [-0.1, -0.05) is 32.0 Å². The highest BCUT2D eigenvalue weighted by atomic mass is 16.5. The van der Waals surface area contributed by atoms with Crippen LogP contribution in [0.4, 0.5) is 0 Å². The number of hydrogen-bond acceptors (Lipinski definition) is 3. The molecular weight excluding hydrogens is 264 g/mol. The third-order valence-electron chi connectivity index (χ3n) is 3.96. The Bertz CT molecular complexity index is 447. The number of nitrogens with zero attached hydrogens (tertiary/aromatic N) is 1. The lowest BCUT2D eigenvalue weighted by molar-refractivity contribution is -0.136. The minimum atomic E-state index is 0.193. The number of hydrogen-bond donors (Lipinski definition) is 1. The van der Waals surface area contributed by atoms with Crippen LogP contribution in [0.15, 0.2) is 30.3 Å². The van der Waals surface area contributed by atoms with Crippen LogP contribution in [0.2, 0.25) is 0 Å². The number of rotatable bonds is 5. The molecule has 2 rings (SSSR count). The van der Waals surface area contributed by atoms with Crippen molar-refractivity contribution >= 4 is 5.91 Å². The van der Waals surface area contributed by atoms with Crippen molar-refractivity contribution < 1.29 is 9.53 Å². The molecule has 0 aromatic heterocycles. The molecule has 1 aliphatic rings. The van der Waals surface area contributed by atoms with E-state index in [2.05, 4.69) is 26.1 Å². The monoisotopic (exact) mass is 290 g/mol. The van der Waals surface area contributed by atoms with Crippen molar-refractivity contribution in [1.82, 2.24) is 10.2 Å². The molecule has 0 saturated carbocycles. The molecule has 0 bridgehead atoms. The van der Waals surface area contributed by atoms with E-state index in [-0.39, 0.29) is 11.9 Å². The average Bonchev–Trinajstić information content (AvgIpc) is 2.47. The Labute approximate surface area is 127 Å². The van der Waals surface area contributed by atoms with E-state index in [1.165, 1.54) is 0 Å². The van der Waals surface area contributed by atoms with Gasteiger partial charge >= 0.3 is 0 Å². The van der Waals surface area contributed by atoms with Crippen LogP contribution in [0, 0.1) is 5.92 Å². The molecule has 2 atom stereocenters. The number of nitrogens with one attached hydrogen (secondary N) is 1. The summed E-state index contributed by atoms with van der Waals surface area (Å²) in [5, 5.41) is 3.46. The summed E-state index contributed by atoms with van der Waals surface area (Å²) in [7, 11) is 0. The molecule has 1 N–H and O–H groups in total. The van der Waals surface area contributed by atoms with Gasteiger partial charge < -0.3 is 15.0 Å². The molecule has 4 heteroatoms. The van der Waals surface area contributed by atoms with Gasteiger partial charge in [0, 0.05) is 25.2 Å². The molecule has 1 aromatic rings. The number of carbonyl (C=O) groups is 1. The maximum absolute atomic E-state index is 12.5. The summed E-state index contributed by atoms with van der Waals surface area (Å²) in [5.41, 5.74) is 0. The molecule has 1 fully saturated rings. The molecule has 1 saturated heterocycles. The standard InChI is InChI=1S/C17H26N2O2/c1-13(2)16-11-18-14(3)12-19(16)17(20)9-10-21-15-7-5-4-6-8-15/h4-8,13-14,16,18H,9-12H2,1-3H3. The number of para-hydroxylation sites is 1. The maximum Gasteiger partial charge on any atom is 0.226 e. The summed E-state index contributed by atoms with van der Waals surface area (Å²) in [5.74, 6) is 1.47. The van der Waals surface area contributed by atoms with Crippen LogP contribution in [-0.2, 0) is 4.79 Å². The average molecular weight is 290 g/mol. The fraction of sp³-hybridized carbons (Fsp3) is 0.588. The second-order valence-electron chi connectivity index (χ2n) is 6.08. The van der Waals surface area contributed by atoms with E-state index in [1.807, 2.05) is 35.2 Å². The lowest BCUT2D eigenvalue weighted by Gasteiger charge is -2.41. The first-order valence-electron chi connectivity index (χ1n) is 7.78. The van der Waals surface area contributed by atoms with Crippen LogP contribution in [0.3, 0.4) is 0 Å². The van der Waals surface area contributed by atoms with Crippen LogP contribution in [0.25, 0.3) is 0 Å². The second kappa shape index (κ2) is 7.46. The van der Waals surface area contributed by atoms with Gasteiger partial charge in [-0.3, -0.25) is 4.79 Å². The van der Waals surface area contributed by atoms with Gasteiger partial charge in [0.1, 0.15) is 5.75 Å². The topological polar surface area (TPSA) is 41.6 Å². The van der Waals surface area contributed by atoms with E-state index in [1.54, 1.807) is 0 Å². The van der Waals surface area contributed by atoms with Crippen molar-refractivity contribution in [2.75, 3.05) is 19.7 Å². The quantitative estimate of drug-likeness (QED) is 0.904. The van der Waals surface area contributed by atoms with Crippen LogP contribution < -0.4 is 10.1 Å². The maximum atomic E-state index is 12.5. The van der Waals surface area contributed by atoms with E-state index in [0.717, 1.165) is 18.8 Å². The highest BCUT2D eigenvalue weighted by Crippen LogP contribution is 2.17. The van der Waals surface area contributed by atoms with Crippen molar-refractivity contribution in [2.24, 2.45) is 5.92 Å². The van der Waals surface area contributed by atoms with Crippen molar-refractivity contribution in [1.29, 1.82) is 0 Å². The fourth-order valence-corrected chi connectivity index (χ4v) is 2.73. The normalized spacial score (nSPS) is 22.4. The highest BCUT2D eigenvalue weighted by molar-refractivity contribution is 5.77. The van der Waals surface area contributed by atoms with Crippen molar-refractivity contribution in [2.45, 2.75) is 39.3 Å². The number of piperazine rings is 1. The Balaban J connectivity index is 1.85. The Morgan fingerprint density at radius 1 is 1.38 bits per heavy atom. The third kappa shape index (κ3) is 4.46. The predicted octanol–water partition coefficient (Wildman–Crippen LogP) is 2.30. The number of benzene rings is 1. The summed E-state index contributed by atoms with van der Waals surface area (Å²) < 4.78 is 5.63. The lowest BCUT2D eigenvalue weighted by atomic mass is 9.98. The zero-order valence-electron chi connectivity index (χ0n) is 13.2. The van der Waals surface area contributed by atoms with E-state index in [0.29, 0.717) is 25.0 Å². The predicted molar refractivity (Wildman–Crippen MR) is 84.4 cm³/mol.